The number of nitriles is 1. The zero-order chi connectivity index (χ0) is 39.0. The zero-order valence-corrected chi connectivity index (χ0v) is 32.9. The molecule has 0 amide bonds. The molecule has 6 rings (SSSR count). The number of rotatable bonds is 15. The molecular formula is C42H47ClN4O7S. The van der Waals surface area contributed by atoms with Crippen LogP contribution in [-0.4, -0.2) is 84.6 Å². The van der Waals surface area contributed by atoms with E-state index in [4.69, 9.17) is 25.8 Å². The Labute approximate surface area is 328 Å². The Bertz CT molecular complexity index is 2140. The van der Waals surface area contributed by atoms with E-state index >= 15 is 0 Å². The highest BCUT2D eigenvalue weighted by atomic mass is 35.5. The van der Waals surface area contributed by atoms with Crippen LogP contribution in [0, 0.1) is 25.2 Å². The fourth-order valence-electron chi connectivity index (χ4n) is 7.21. The van der Waals surface area contributed by atoms with E-state index in [9.17, 15) is 23.6 Å². The van der Waals surface area contributed by atoms with Crippen LogP contribution in [0.3, 0.4) is 0 Å². The highest BCUT2D eigenvalue weighted by Gasteiger charge is 2.29. The summed E-state index contributed by atoms with van der Waals surface area (Å²) in [5.41, 5.74) is 7.08. The van der Waals surface area contributed by atoms with Crippen LogP contribution < -0.4 is 14.2 Å². The molecule has 0 bridgehead atoms. The SMILES string of the molecule is Cc1c(COc2cc(OCc3cncc(C#N)c3)c(CN3CCCC[C@H]3C(=O)O)cc2Cl)cccc1-c1cccc(OCCCN2CCS(=O)(=O)CC2)c1C. The molecule has 2 aliphatic heterocycles. The van der Waals surface area contributed by atoms with Gasteiger partial charge in [-0.1, -0.05) is 48.4 Å². The third kappa shape index (κ3) is 10.3. The Balaban J connectivity index is 1.16. The standard InChI is InChI=1S/C42H47ClN4O7S/c1-29-33(8-5-9-35(29)36-10-6-12-39(30(36)2)52-17-7-13-46-15-18-55(50,51)19-16-46)28-54-41-22-40(53-27-32-20-31(23-44)24-45-25-32)34(21-37(41)43)26-47-14-4-3-11-38(47)42(48)49/h5-6,8-10,12,20-22,24-25,38H,3-4,7,11,13-19,26-28H2,1-2H3,(H,48,49)/t38-/m0/s1. The molecule has 3 heterocycles. The van der Waals surface area contributed by atoms with E-state index in [1.54, 1.807) is 24.4 Å². The average molecular weight is 787 g/mol. The molecule has 3 aromatic carbocycles. The smallest absolute Gasteiger partial charge is 0.320 e. The van der Waals surface area contributed by atoms with Crippen molar-refractivity contribution in [2.24, 2.45) is 0 Å². The average Bonchev–Trinajstić information content (AvgIpc) is 3.17. The minimum atomic E-state index is -2.90. The van der Waals surface area contributed by atoms with Gasteiger partial charge in [-0.05, 0) is 85.7 Å². The van der Waals surface area contributed by atoms with Gasteiger partial charge in [-0.2, -0.15) is 5.26 Å². The molecule has 290 valence electrons. The zero-order valence-electron chi connectivity index (χ0n) is 31.3. The van der Waals surface area contributed by atoms with Crippen LogP contribution >= 0.6 is 11.6 Å². The maximum Gasteiger partial charge on any atom is 0.320 e. The van der Waals surface area contributed by atoms with E-state index in [1.165, 1.54) is 6.20 Å². The number of carbonyl (C=O) groups is 1. The molecule has 2 fully saturated rings. The van der Waals surface area contributed by atoms with E-state index in [0.29, 0.717) is 61.3 Å². The van der Waals surface area contributed by atoms with E-state index in [-0.39, 0.29) is 24.7 Å². The molecule has 0 saturated carbocycles. The first-order valence-electron chi connectivity index (χ1n) is 18.6. The summed E-state index contributed by atoms with van der Waals surface area (Å²) in [6.45, 7) is 8.00. The summed E-state index contributed by atoms with van der Waals surface area (Å²) >= 11 is 6.85. The number of nitrogens with zero attached hydrogens (tertiary/aromatic N) is 4. The number of carboxylic acid groups (broad SMARTS) is 1. The summed E-state index contributed by atoms with van der Waals surface area (Å²) in [6, 6.07) is 19.0. The van der Waals surface area contributed by atoms with Crippen molar-refractivity contribution in [3.8, 4) is 34.4 Å². The van der Waals surface area contributed by atoms with Crippen molar-refractivity contribution in [3.63, 3.8) is 0 Å². The Hall–Kier alpha value is -4.67. The number of hydrogen-bond donors (Lipinski definition) is 1. The van der Waals surface area contributed by atoms with Crippen molar-refractivity contribution in [3.05, 3.63) is 105 Å². The van der Waals surface area contributed by atoms with Gasteiger partial charge >= 0.3 is 5.97 Å². The van der Waals surface area contributed by atoms with Crippen LogP contribution in [0.1, 0.15) is 59.1 Å². The lowest BCUT2D eigenvalue weighted by molar-refractivity contribution is -0.144. The van der Waals surface area contributed by atoms with Crippen molar-refractivity contribution >= 4 is 27.4 Å². The monoisotopic (exact) mass is 786 g/mol. The first-order chi connectivity index (χ1) is 26.5. The number of carboxylic acids is 1. The molecule has 0 spiro atoms. The van der Waals surface area contributed by atoms with Gasteiger partial charge in [0.25, 0.3) is 0 Å². The molecule has 1 N–H and O–H groups in total. The van der Waals surface area contributed by atoms with Gasteiger partial charge in [0.1, 0.15) is 42.6 Å². The molecule has 4 aromatic rings. The summed E-state index contributed by atoms with van der Waals surface area (Å²) in [5.74, 6) is 1.36. The lowest BCUT2D eigenvalue weighted by atomic mass is 9.93. The number of aliphatic carboxylic acids is 1. The van der Waals surface area contributed by atoms with Gasteiger partial charge in [0.2, 0.25) is 0 Å². The van der Waals surface area contributed by atoms with E-state index < -0.39 is 21.8 Å². The number of benzene rings is 3. The molecule has 0 unspecified atom stereocenters. The first kappa shape index (κ1) is 40.0. The molecule has 2 aliphatic rings. The summed E-state index contributed by atoms with van der Waals surface area (Å²) in [6.07, 6.45) is 6.30. The number of hydrogen-bond acceptors (Lipinski definition) is 10. The quantitative estimate of drug-likeness (QED) is 0.125. The number of sulfone groups is 1. The Morgan fingerprint density at radius 2 is 1.65 bits per heavy atom. The molecule has 13 heteroatoms. The largest absolute Gasteiger partial charge is 0.493 e. The van der Waals surface area contributed by atoms with Gasteiger partial charge < -0.3 is 24.2 Å². The van der Waals surface area contributed by atoms with Crippen LogP contribution in [0.2, 0.25) is 5.02 Å². The number of halogens is 1. The van der Waals surface area contributed by atoms with Gasteiger partial charge in [0.15, 0.2) is 9.84 Å². The van der Waals surface area contributed by atoms with Crippen molar-refractivity contribution in [1.82, 2.24) is 14.8 Å². The summed E-state index contributed by atoms with van der Waals surface area (Å²) in [4.78, 5) is 20.4. The number of pyridine rings is 1. The normalized spacial score (nSPS) is 17.3. The second-order valence-corrected chi connectivity index (χ2v) is 16.9. The topological polar surface area (TPSA) is 142 Å². The minimum Gasteiger partial charge on any atom is -0.493 e. The fourth-order valence-corrected chi connectivity index (χ4v) is 8.72. The van der Waals surface area contributed by atoms with Crippen molar-refractivity contribution in [2.45, 2.75) is 65.3 Å². The van der Waals surface area contributed by atoms with E-state index in [0.717, 1.165) is 70.5 Å². The molecule has 1 atom stereocenters. The van der Waals surface area contributed by atoms with Crippen molar-refractivity contribution in [2.75, 3.05) is 44.3 Å². The molecule has 0 aliphatic carbocycles. The Morgan fingerprint density at radius 3 is 2.42 bits per heavy atom. The maximum atomic E-state index is 12.1. The van der Waals surface area contributed by atoms with Crippen LogP contribution in [0.25, 0.3) is 11.1 Å². The van der Waals surface area contributed by atoms with Crippen molar-refractivity contribution in [1.29, 1.82) is 5.26 Å². The van der Waals surface area contributed by atoms with Crippen LogP contribution in [-0.2, 0) is 34.4 Å². The lowest BCUT2D eigenvalue weighted by Crippen LogP contribution is -2.44. The summed E-state index contributed by atoms with van der Waals surface area (Å²) in [5, 5.41) is 19.6. The minimum absolute atomic E-state index is 0.146. The first-order valence-corrected chi connectivity index (χ1v) is 20.8. The fraction of sp³-hybridized carbons (Fsp3) is 0.405. The molecule has 11 nitrogen and oxygen atoms in total. The Kier molecular flexibility index (Phi) is 13.3. The highest BCUT2D eigenvalue weighted by molar-refractivity contribution is 7.91. The molecule has 0 radical (unpaired) electrons. The number of ether oxygens (including phenoxy) is 3. The van der Waals surface area contributed by atoms with Gasteiger partial charge in [0.05, 0.1) is 28.7 Å². The number of likely N-dealkylation sites (tertiary alicyclic amines) is 1. The lowest BCUT2D eigenvalue weighted by Gasteiger charge is -2.33. The molecule has 55 heavy (non-hydrogen) atoms. The second kappa shape index (κ2) is 18.3. The van der Waals surface area contributed by atoms with Gasteiger partial charge in [-0.15, -0.1) is 0 Å². The van der Waals surface area contributed by atoms with E-state index in [2.05, 4.69) is 41.9 Å². The van der Waals surface area contributed by atoms with Crippen LogP contribution in [0.5, 0.6) is 17.2 Å². The van der Waals surface area contributed by atoms with Gasteiger partial charge in [0, 0.05) is 55.8 Å². The van der Waals surface area contributed by atoms with Crippen LogP contribution in [0.15, 0.2) is 67.0 Å². The van der Waals surface area contributed by atoms with Crippen LogP contribution in [0.4, 0.5) is 0 Å². The van der Waals surface area contributed by atoms with E-state index in [1.807, 2.05) is 29.2 Å². The van der Waals surface area contributed by atoms with Gasteiger partial charge in [-0.25, -0.2) is 8.42 Å². The summed E-state index contributed by atoms with van der Waals surface area (Å²) < 4.78 is 42.4. The highest BCUT2D eigenvalue weighted by Crippen LogP contribution is 2.37. The number of aromatic nitrogens is 1. The predicted octanol–water partition coefficient (Wildman–Crippen LogP) is 6.99. The molecular weight excluding hydrogens is 740 g/mol. The molecule has 2 saturated heterocycles. The van der Waals surface area contributed by atoms with Gasteiger partial charge in [-0.3, -0.25) is 14.7 Å². The number of piperidine rings is 1. The third-order valence-electron chi connectivity index (χ3n) is 10.4. The summed E-state index contributed by atoms with van der Waals surface area (Å²) in [7, 11) is -2.90. The van der Waals surface area contributed by atoms with Crippen molar-refractivity contribution < 1.29 is 32.5 Å². The third-order valence-corrected chi connectivity index (χ3v) is 12.3. The maximum absolute atomic E-state index is 12.1. The molecule has 1 aromatic heterocycles. The second-order valence-electron chi connectivity index (χ2n) is 14.2. The Morgan fingerprint density at radius 1 is 0.909 bits per heavy atom. The predicted molar refractivity (Wildman–Crippen MR) is 211 cm³/mol.